The third-order valence-electron chi connectivity index (χ3n) is 1.47. The molecule has 0 atom stereocenters. The van der Waals surface area contributed by atoms with Gasteiger partial charge in [-0.25, -0.2) is 0 Å². The van der Waals surface area contributed by atoms with Crippen molar-refractivity contribution in [1.82, 2.24) is 4.90 Å². The molecule has 10 heavy (non-hydrogen) atoms. The van der Waals surface area contributed by atoms with E-state index in [0.717, 1.165) is 19.4 Å². The molecule has 1 aliphatic rings. The van der Waals surface area contributed by atoms with E-state index in [-0.39, 0.29) is 6.54 Å². The Hall–Kier alpha value is -0.990. The summed E-state index contributed by atoms with van der Waals surface area (Å²) in [7, 11) is 0. The van der Waals surface area contributed by atoms with Crippen LogP contribution in [0.3, 0.4) is 0 Å². The van der Waals surface area contributed by atoms with Crippen LogP contribution in [-0.4, -0.2) is 29.1 Å². The lowest BCUT2D eigenvalue weighted by molar-refractivity contribution is -0.137. The summed E-state index contributed by atoms with van der Waals surface area (Å²) in [5, 5.41) is 8.39. The van der Waals surface area contributed by atoms with Crippen molar-refractivity contribution in [3.8, 4) is 0 Å². The molecule has 3 heteroatoms. The summed E-state index contributed by atoms with van der Waals surface area (Å²) < 4.78 is 0. The van der Waals surface area contributed by atoms with E-state index in [0.29, 0.717) is 0 Å². The first-order valence-electron chi connectivity index (χ1n) is 3.41. The number of nitrogens with zero attached hydrogens (tertiary/aromatic N) is 1. The topological polar surface area (TPSA) is 40.5 Å². The van der Waals surface area contributed by atoms with Gasteiger partial charge in [-0.15, -0.1) is 0 Å². The van der Waals surface area contributed by atoms with Crippen LogP contribution in [-0.2, 0) is 4.79 Å². The Morgan fingerprint density at radius 1 is 1.70 bits per heavy atom. The van der Waals surface area contributed by atoms with E-state index in [2.05, 4.69) is 0 Å². The normalized spacial score (nSPS) is 17.4. The minimum Gasteiger partial charge on any atom is -0.480 e. The van der Waals surface area contributed by atoms with Gasteiger partial charge in [-0.2, -0.15) is 0 Å². The summed E-state index contributed by atoms with van der Waals surface area (Å²) >= 11 is 0. The van der Waals surface area contributed by atoms with Gasteiger partial charge in [-0.3, -0.25) is 4.79 Å². The number of carbonyl (C=O) groups is 1. The molecule has 0 spiro atoms. The maximum atomic E-state index is 10.2. The van der Waals surface area contributed by atoms with Gasteiger partial charge in [0.25, 0.3) is 0 Å². The molecule has 1 rings (SSSR count). The number of hydrogen-bond acceptors (Lipinski definition) is 2. The maximum Gasteiger partial charge on any atom is 0.323 e. The first kappa shape index (κ1) is 7.12. The van der Waals surface area contributed by atoms with Crippen molar-refractivity contribution in [3.63, 3.8) is 0 Å². The number of rotatable bonds is 2. The molecule has 0 saturated heterocycles. The molecule has 0 radical (unpaired) electrons. The Kier molecular flexibility index (Phi) is 2.31. The predicted octanol–water partition coefficient (Wildman–Crippen LogP) is 0.681. The summed E-state index contributed by atoms with van der Waals surface area (Å²) in [5.41, 5.74) is 0. The Morgan fingerprint density at radius 2 is 2.50 bits per heavy atom. The fourth-order valence-electron chi connectivity index (χ4n) is 1.02. The van der Waals surface area contributed by atoms with E-state index in [9.17, 15) is 4.79 Å². The smallest absolute Gasteiger partial charge is 0.323 e. The molecule has 0 bridgehead atoms. The van der Waals surface area contributed by atoms with Gasteiger partial charge in [0.15, 0.2) is 0 Å². The highest BCUT2D eigenvalue weighted by Gasteiger charge is 2.06. The second-order valence-electron chi connectivity index (χ2n) is 2.39. The lowest BCUT2D eigenvalue weighted by atomic mass is 10.2. The highest BCUT2D eigenvalue weighted by molar-refractivity contribution is 5.69. The Labute approximate surface area is 59.9 Å². The zero-order valence-corrected chi connectivity index (χ0v) is 5.79. The molecule has 0 amide bonds. The summed E-state index contributed by atoms with van der Waals surface area (Å²) in [5.74, 6) is -0.758. The lowest BCUT2D eigenvalue weighted by Crippen LogP contribution is -2.27. The van der Waals surface area contributed by atoms with Crippen molar-refractivity contribution in [1.29, 1.82) is 0 Å². The molecule has 56 valence electrons. The molecule has 0 aromatic rings. The summed E-state index contributed by atoms with van der Waals surface area (Å²) in [6.45, 7) is 1.01. The van der Waals surface area contributed by atoms with Crippen LogP contribution in [0.4, 0.5) is 0 Å². The minimum atomic E-state index is -0.758. The Balaban J connectivity index is 2.33. The molecule has 1 N–H and O–H groups in total. The summed E-state index contributed by atoms with van der Waals surface area (Å²) in [6, 6.07) is 0. The van der Waals surface area contributed by atoms with Gasteiger partial charge in [0, 0.05) is 6.54 Å². The molecule has 3 nitrogen and oxygen atoms in total. The first-order chi connectivity index (χ1) is 4.79. The summed E-state index contributed by atoms with van der Waals surface area (Å²) in [6.07, 6.45) is 6.02. The van der Waals surface area contributed by atoms with E-state index in [1.54, 1.807) is 0 Å². The quantitative estimate of drug-likeness (QED) is 0.614. The molecular formula is C7H11NO2. The molecular weight excluding hydrogens is 130 g/mol. The Bertz CT molecular complexity index is 154. The van der Waals surface area contributed by atoms with E-state index in [4.69, 9.17) is 5.11 Å². The van der Waals surface area contributed by atoms with Gasteiger partial charge >= 0.3 is 5.97 Å². The van der Waals surface area contributed by atoms with Crippen molar-refractivity contribution >= 4 is 5.97 Å². The molecule has 0 saturated carbocycles. The van der Waals surface area contributed by atoms with Gasteiger partial charge in [0.2, 0.25) is 0 Å². The fraction of sp³-hybridized carbons (Fsp3) is 0.571. The van der Waals surface area contributed by atoms with Crippen molar-refractivity contribution < 1.29 is 9.90 Å². The molecule has 0 fully saturated rings. The SMILES string of the molecule is O=C(O)CN1C=CCCC1. The van der Waals surface area contributed by atoms with Gasteiger partial charge in [0.1, 0.15) is 6.54 Å². The Morgan fingerprint density at radius 3 is 3.00 bits per heavy atom. The van der Waals surface area contributed by atoms with Crippen LogP contribution >= 0.6 is 0 Å². The average molecular weight is 141 g/mol. The van der Waals surface area contributed by atoms with Crippen LogP contribution in [0.15, 0.2) is 12.3 Å². The van der Waals surface area contributed by atoms with E-state index in [1.807, 2.05) is 17.2 Å². The van der Waals surface area contributed by atoms with Gasteiger partial charge in [-0.05, 0) is 19.0 Å². The summed E-state index contributed by atoms with van der Waals surface area (Å²) in [4.78, 5) is 12.0. The number of allylic oxidation sites excluding steroid dienone is 1. The van der Waals surface area contributed by atoms with Crippen molar-refractivity contribution in [2.45, 2.75) is 12.8 Å². The zero-order valence-electron chi connectivity index (χ0n) is 5.79. The molecule has 0 unspecified atom stereocenters. The fourth-order valence-corrected chi connectivity index (χ4v) is 1.02. The molecule has 1 heterocycles. The van der Waals surface area contributed by atoms with Gasteiger partial charge < -0.3 is 10.0 Å². The molecule has 1 aliphatic heterocycles. The van der Waals surface area contributed by atoms with Crippen LogP contribution in [0, 0.1) is 0 Å². The van der Waals surface area contributed by atoms with Crippen LogP contribution in [0.1, 0.15) is 12.8 Å². The minimum absolute atomic E-state index is 0.135. The second-order valence-corrected chi connectivity index (χ2v) is 2.39. The van der Waals surface area contributed by atoms with Crippen LogP contribution in [0.25, 0.3) is 0 Å². The standard InChI is InChI=1S/C7H11NO2/c9-7(10)6-8-4-2-1-3-5-8/h2,4H,1,3,5-6H2,(H,9,10). The molecule has 0 aliphatic carbocycles. The number of carboxylic acid groups (broad SMARTS) is 1. The predicted molar refractivity (Wildman–Crippen MR) is 37.6 cm³/mol. The maximum absolute atomic E-state index is 10.2. The van der Waals surface area contributed by atoms with E-state index < -0.39 is 5.97 Å². The second kappa shape index (κ2) is 3.25. The highest BCUT2D eigenvalue weighted by atomic mass is 16.4. The number of carboxylic acids is 1. The average Bonchev–Trinajstić information content (AvgIpc) is 1.88. The van der Waals surface area contributed by atoms with Crippen LogP contribution < -0.4 is 0 Å². The first-order valence-corrected chi connectivity index (χ1v) is 3.41. The highest BCUT2D eigenvalue weighted by Crippen LogP contribution is 2.03. The van der Waals surface area contributed by atoms with E-state index in [1.165, 1.54) is 0 Å². The van der Waals surface area contributed by atoms with Gasteiger partial charge in [-0.1, -0.05) is 6.08 Å². The molecule has 0 aromatic carbocycles. The number of hydrogen-bond donors (Lipinski definition) is 1. The largest absolute Gasteiger partial charge is 0.480 e. The third kappa shape index (κ3) is 2.09. The number of aliphatic carboxylic acids is 1. The zero-order chi connectivity index (χ0) is 7.40. The van der Waals surface area contributed by atoms with Crippen LogP contribution in [0.2, 0.25) is 0 Å². The lowest BCUT2D eigenvalue weighted by Gasteiger charge is -2.20. The van der Waals surface area contributed by atoms with Gasteiger partial charge in [0.05, 0.1) is 0 Å². The van der Waals surface area contributed by atoms with E-state index >= 15 is 0 Å². The van der Waals surface area contributed by atoms with Crippen molar-refractivity contribution in [2.75, 3.05) is 13.1 Å². The van der Waals surface area contributed by atoms with Crippen LogP contribution in [0.5, 0.6) is 0 Å². The third-order valence-corrected chi connectivity index (χ3v) is 1.47. The van der Waals surface area contributed by atoms with Crippen molar-refractivity contribution in [2.24, 2.45) is 0 Å². The molecule has 0 aromatic heterocycles. The van der Waals surface area contributed by atoms with Crippen molar-refractivity contribution in [3.05, 3.63) is 12.3 Å². The monoisotopic (exact) mass is 141 g/mol.